The minimum atomic E-state index is -0.489. The lowest BCUT2D eigenvalue weighted by Gasteiger charge is -2.12. The minimum absolute atomic E-state index is 0.172. The van der Waals surface area contributed by atoms with Crippen LogP contribution in [0.3, 0.4) is 0 Å². The molecule has 0 aliphatic carbocycles. The molecule has 4 heteroatoms. The molecule has 3 rings (SSSR count). The number of rotatable bonds is 2. The lowest BCUT2D eigenvalue weighted by molar-refractivity contribution is -0.122. The van der Waals surface area contributed by atoms with E-state index in [9.17, 15) is 4.79 Å². The van der Waals surface area contributed by atoms with E-state index in [0.717, 1.165) is 11.3 Å². The van der Waals surface area contributed by atoms with Crippen LogP contribution in [0.2, 0.25) is 0 Å². The molecule has 0 fully saturated rings. The van der Waals surface area contributed by atoms with Gasteiger partial charge in [0.1, 0.15) is 5.75 Å². The quantitative estimate of drug-likeness (QED) is 0.807. The molecule has 2 aromatic rings. The van der Waals surface area contributed by atoms with Crippen LogP contribution in [0, 0.1) is 0 Å². The summed E-state index contributed by atoms with van der Waals surface area (Å²) in [5, 5.41) is 2.80. The number of benzene rings is 2. The van der Waals surface area contributed by atoms with Crippen LogP contribution in [0.1, 0.15) is 5.56 Å². The van der Waals surface area contributed by atoms with Crippen molar-refractivity contribution in [2.24, 2.45) is 0 Å². The molecule has 1 amide bonds. The summed E-state index contributed by atoms with van der Waals surface area (Å²) >= 11 is 0. The Bertz CT molecular complexity index is 600. The molecule has 96 valence electrons. The SMILES string of the molecule is Nc1ccccc1NC(=O)C1Cc2ccccc2O1. The standard InChI is InChI=1S/C15H14N2O2/c16-11-6-2-3-7-12(11)17-15(18)14-9-10-5-1-4-8-13(10)19-14/h1-8,14H,9,16H2,(H,17,18). The lowest BCUT2D eigenvalue weighted by atomic mass is 10.1. The number of amides is 1. The molecule has 0 bridgehead atoms. The summed E-state index contributed by atoms with van der Waals surface area (Å²) in [4.78, 5) is 12.1. The number of nitrogen functional groups attached to an aromatic ring is 1. The first-order chi connectivity index (χ1) is 9.24. The number of hydrogen-bond donors (Lipinski definition) is 2. The number of ether oxygens (including phenoxy) is 1. The van der Waals surface area contributed by atoms with Gasteiger partial charge in [-0.2, -0.15) is 0 Å². The van der Waals surface area contributed by atoms with Crippen LogP contribution >= 0.6 is 0 Å². The van der Waals surface area contributed by atoms with E-state index in [1.807, 2.05) is 36.4 Å². The zero-order valence-corrected chi connectivity index (χ0v) is 10.3. The summed E-state index contributed by atoms with van der Waals surface area (Å²) in [7, 11) is 0. The predicted molar refractivity (Wildman–Crippen MR) is 74.0 cm³/mol. The first-order valence-corrected chi connectivity index (χ1v) is 6.14. The van der Waals surface area contributed by atoms with Crippen LogP contribution in [-0.2, 0) is 11.2 Å². The van der Waals surface area contributed by atoms with Gasteiger partial charge in [0.15, 0.2) is 6.10 Å². The fourth-order valence-corrected chi connectivity index (χ4v) is 2.15. The Kier molecular flexibility index (Phi) is 2.83. The van der Waals surface area contributed by atoms with Gasteiger partial charge in [-0.15, -0.1) is 0 Å². The maximum atomic E-state index is 12.1. The third-order valence-electron chi connectivity index (χ3n) is 3.16. The fourth-order valence-electron chi connectivity index (χ4n) is 2.15. The summed E-state index contributed by atoms with van der Waals surface area (Å²) in [6, 6.07) is 14.9. The Hall–Kier alpha value is -2.49. The third kappa shape index (κ3) is 2.25. The van der Waals surface area contributed by atoms with Crippen molar-refractivity contribution in [2.75, 3.05) is 11.1 Å². The van der Waals surface area contributed by atoms with Gasteiger partial charge in [-0.1, -0.05) is 30.3 Å². The summed E-state index contributed by atoms with van der Waals surface area (Å²) in [6.07, 6.45) is 0.103. The van der Waals surface area contributed by atoms with Crippen molar-refractivity contribution in [1.29, 1.82) is 0 Å². The van der Waals surface area contributed by atoms with Crippen LogP contribution in [0.25, 0.3) is 0 Å². The van der Waals surface area contributed by atoms with Crippen molar-refractivity contribution in [3.8, 4) is 5.75 Å². The maximum absolute atomic E-state index is 12.1. The average Bonchev–Trinajstić information content (AvgIpc) is 2.85. The zero-order valence-electron chi connectivity index (χ0n) is 10.3. The van der Waals surface area contributed by atoms with Gasteiger partial charge in [0, 0.05) is 6.42 Å². The van der Waals surface area contributed by atoms with Crippen molar-refractivity contribution in [3.63, 3.8) is 0 Å². The van der Waals surface area contributed by atoms with Gasteiger partial charge in [0.25, 0.3) is 5.91 Å². The molecule has 4 nitrogen and oxygen atoms in total. The smallest absolute Gasteiger partial charge is 0.265 e. The first-order valence-electron chi connectivity index (χ1n) is 6.14. The second kappa shape index (κ2) is 4.65. The maximum Gasteiger partial charge on any atom is 0.265 e. The number of para-hydroxylation sites is 3. The molecule has 1 heterocycles. The van der Waals surface area contributed by atoms with Crippen LogP contribution < -0.4 is 15.8 Å². The number of carbonyl (C=O) groups is 1. The molecule has 0 aromatic heterocycles. The third-order valence-corrected chi connectivity index (χ3v) is 3.16. The number of carbonyl (C=O) groups excluding carboxylic acids is 1. The van der Waals surface area contributed by atoms with Crippen molar-refractivity contribution in [3.05, 3.63) is 54.1 Å². The molecule has 3 N–H and O–H groups in total. The van der Waals surface area contributed by atoms with Gasteiger partial charge in [-0.25, -0.2) is 0 Å². The Labute approximate surface area is 111 Å². The average molecular weight is 254 g/mol. The van der Waals surface area contributed by atoms with Gasteiger partial charge in [-0.3, -0.25) is 4.79 Å². The molecule has 2 aromatic carbocycles. The minimum Gasteiger partial charge on any atom is -0.480 e. The molecule has 1 atom stereocenters. The number of nitrogens with two attached hydrogens (primary N) is 1. The van der Waals surface area contributed by atoms with Crippen LogP contribution in [-0.4, -0.2) is 12.0 Å². The van der Waals surface area contributed by atoms with Crippen molar-refractivity contribution in [2.45, 2.75) is 12.5 Å². The first kappa shape index (κ1) is 11.6. The summed E-state index contributed by atoms with van der Waals surface area (Å²) in [5.74, 6) is 0.609. The highest BCUT2D eigenvalue weighted by atomic mass is 16.5. The van der Waals surface area contributed by atoms with Gasteiger partial charge in [0.2, 0.25) is 0 Å². The highest BCUT2D eigenvalue weighted by Crippen LogP contribution is 2.29. The van der Waals surface area contributed by atoms with Crippen LogP contribution in [0.4, 0.5) is 11.4 Å². The molecule has 1 aliphatic heterocycles. The van der Waals surface area contributed by atoms with E-state index >= 15 is 0 Å². The topological polar surface area (TPSA) is 64.3 Å². The van der Waals surface area contributed by atoms with Gasteiger partial charge < -0.3 is 15.8 Å². The number of hydrogen-bond acceptors (Lipinski definition) is 3. The van der Waals surface area contributed by atoms with Crippen LogP contribution in [0.15, 0.2) is 48.5 Å². The number of fused-ring (bicyclic) bond motifs is 1. The van der Waals surface area contributed by atoms with E-state index in [0.29, 0.717) is 17.8 Å². The van der Waals surface area contributed by atoms with Gasteiger partial charge in [0.05, 0.1) is 11.4 Å². The number of anilines is 2. The molecular formula is C15H14N2O2. The van der Waals surface area contributed by atoms with E-state index in [1.165, 1.54) is 0 Å². The Morgan fingerprint density at radius 2 is 1.89 bits per heavy atom. The van der Waals surface area contributed by atoms with Crippen molar-refractivity contribution >= 4 is 17.3 Å². The lowest BCUT2D eigenvalue weighted by Crippen LogP contribution is -2.31. The fraction of sp³-hybridized carbons (Fsp3) is 0.133. The molecule has 0 saturated carbocycles. The normalized spacial score (nSPS) is 16.5. The molecule has 1 aliphatic rings. The van der Waals surface area contributed by atoms with Gasteiger partial charge in [-0.05, 0) is 23.8 Å². The van der Waals surface area contributed by atoms with Crippen LogP contribution in [0.5, 0.6) is 5.75 Å². The zero-order chi connectivity index (χ0) is 13.2. The molecule has 0 spiro atoms. The summed E-state index contributed by atoms with van der Waals surface area (Å²) in [5.41, 5.74) is 8.02. The van der Waals surface area contributed by atoms with E-state index in [4.69, 9.17) is 10.5 Å². The molecule has 0 radical (unpaired) electrons. The largest absolute Gasteiger partial charge is 0.480 e. The molecule has 0 saturated heterocycles. The van der Waals surface area contributed by atoms with E-state index < -0.39 is 6.10 Å². The Morgan fingerprint density at radius 1 is 1.16 bits per heavy atom. The Morgan fingerprint density at radius 3 is 2.68 bits per heavy atom. The molecular weight excluding hydrogens is 240 g/mol. The van der Waals surface area contributed by atoms with E-state index in [1.54, 1.807) is 12.1 Å². The molecule has 19 heavy (non-hydrogen) atoms. The van der Waals surface area contributed by atoms with E-state index in [2.05, 4.69) is 5.32 Å². The molecule has 1 unspecified atom stereocenters. The number of nitrogens with one attached hydrogen (secondary N) is 1. The predicted octanol–water partition coefficient (Wildman–Crippen LogP) is 2.21. The summed E-state index contributed by atoms with van der Waals surface area (Å²) < 4.78 is 5.63. The monoisotopic (exact) mass is 254 g/mol. The Balaban J connectivity index is 1.72. The second-order valence-electron chi connectivity index (χ2n) is 4.49. The van der Waals surface area contributed by atoms with Crippen molar-refractivity contribution in [1.82, 2.24) is 0 Å². The van der Waals surface area contributed by atoms with Gasteiger partial charge >= 0.3 is 0 Å². The summed E-state index contributed by atoms with van der Waals surface area (Å²) in [6.45, 7) is 0. The van der Waals surface area contributed by atoms with Crippen molar-refractivity contribution < 1.29 is 9.53 Å². The van der Waals surface area contributed by atoms with E-state index in [-0.39, 0.29) is 5.91 Å². The highest BCUT2D eigenvalue weighted by molar-refractivity contribution is 5.97. The highest BCUT2D eigenvalue weighted by Gasteiger charge is 2.28. The second-order valence-corrected chi connectivity index (χ2v) is 4.49.